The molecule has 1 aromatic rings. The topological polar surface area (TPSA) is 91.4 Å². The molecule has 80 valence electrons. The van der Waals surface area contributed by atoms with Crippen molar-refractivity contribution < 1.29 is 19.4 Å². The third-order valence-electron chi connectivity index (χ3n) is 1.40. The van der Waals surface area contributed by atoms with E-state index in [1.165, 1.54) is 6.20 Å². The van der Waals surface area contributed by atoms with E-state index >= 15 is 0 Å². The van der Waals surface area contributed by atoms with Crippen LogP contribution in [0.3, 0.4) is 0 Å². The number of rotatable bonds is 5. The van der Waals surface area contributed by atoms with Gasteiger partial charge in [0.25, 0.3) is 0 Å². The number of anilines is 1. The predicted octanol–water partition coefficient (Wildman–Crippen LogP) is -1.21. The van der Waals surface area contributed by atoms with Gasteiger partial charge in [0.15, 0.2) is 0 Å². The van der Waals surface area contributed by atoms with Crippen LogP contribution in [0.4, 0.5) is 5.69 Å². The number of ether oxygens (including phenoxy) is 1. The average Bonchev–Trinajstić information content (AvgIpc) is 2.18. The summed E-state index contributed by atoms with van der Waals surface area (Å²) in [4.78, 5) is 24.9. The molecule has 1 aromatic heterocycles. The van der Waals surface area contributed by atoms with Crippen LogP contribution in [0, 0.1) is 0 Å². The van der Waals surface area contributed by atoms with Crippen LogP contribution in [0.15, 0.2) is 24.5 Å². The van der Waals surface area contributed by atoms with Crippen molar-refractivity contribution >= 4 is 17.6 Å². The van der Waals surface area contributed by atoms with E-state index in [1.807, 2.05) is 0 Å². The van der Waals surface area contributed by atoms with Crippen molar-refractivity contribution in [2.45, 2.75) is 0 Å². The number of carbonyl (C=O) groups excluding carboxylic acids is 2. The number of aromatic nitrogens is 1. The van der Waals surface area contributed by atoms with Gasteiger partial charge in [0.1, 0.15) is 6.61 Å². The first-order chi connectivity index (χ1) is 7.18. The lowest BCUT2D eigenvalue weighted by atomic mass is 10.4. The lowest BCUT2D eigenvalue weighted by Crippen LogP contribution is -2.29. The van der Waals surface area contributed by atoms with Crippen molar-refractivity contribution in [1.82, 2.24) is 4.98 Å². The minimum absolute atomic E-state index is 0.330. The van der Waals surface area contributed by atoms with Gasteiger partial charge in [-0.25, -0.2) is 0 Å². The predicted molar refractivity (Wildman–Crippen MR) is 48.7 cm³/mol. The number of carbonyl (C=O) groups is 2. The molecule has 0 bridgehead atoms. The summed E-state index contributed by atoms with van der Waals surface area (Å²) in [6.45, 7) is -0.927. The second kappa shape index (κ2) is 5.71. The maximum Gasteiger partial charge on any atom is 0.250 e. The molecule has 1 heterocycles. The normalized spacial score (nSPS) is 9.60. The Hall–Kier alpha value is -1.95. The monoisotopic (exact) mass is 209 g/mol. The summed E-state index contributed by atoms with van der Waals surface area (Å²) in [5, 5.41) is 12.4. The number of nitrogens with one attached hydrogen (secondary N) is 1. The molecule has 1 rings (SSSR count). The van der Waals surface area contributed by atoms with E-state index in [2.05, 4.69) is 15.0 Å². The van der Waals surface area contributed by atoms with Crippen LogP contribution >= 0.6 is 0 Å². The van der Waals surface area contributed by atoms with Gasteiger partial charge in [-0.3, -0.25) is 9.78 Å². The van der Waals surface area contributed by atoms with Gasteiger partial charge in [0.2, 0.25) is 5.91 Å². The minimum Gasteiger partial charge on any atom is -0.548 e. The lowest BCUT2D eigenvalue weighted by Gasteiger charge is -2.05. The fourth-order valence-corrected chi connectivity index (χ4v) is 0.861. The molecule has 0 atom stereocenters. The number of hydrogen-bond acceptors (Lipinski definition) is 5. The number of nitrogens with zero attached hydrogens (tertiary/aromatic N) is 1. The molecule has 0 saturated carbocycles. The Labute approximate surface area is 85.9 Å². The maximum atomic E-state index is 11.1. The SMILES string of the molecule is O=C([O-])COCC(=O)Nc1cccnc1. The van der Waals surface area contributed by atoms with E-state index in [4.69, 9.17) is 0 Å². The summed E-state index contributed by atoms with van der Waals surface area (Å²) in [5.74, 6) is -1.80. The average molecular weight is 209 g/mol. The fraction of sp³-hybridized carbons (Fsp3) is 0.222. The third-order valence-corrected chi connectivity index (χ3v) is 1.40. The number of hydrogen-bond donors (Lipinski definition) is 1. The molecule has 0 unspecified atom stereocenters. The van der Waals surface area contributed by atoms with Gasteiger partial charge in [0, 0.05) is 6.20 Å². The van der Waals surface area contributed by atoms with Crippen LogP contribution in [-0.4, -0.2) is 30.1 Å². The molecule has 1 N–H and O–H groups in total. The quantitative estimate of drug-likeness (QED) is 0.656. The minimum atomic E-state index is -1.36. The Morgan fingerprint density at radius 2 is 2.27 bits per heavy atom. The standard InChI is InChI=1S/C9H10N2O4/c12-8(5-15-6-9(13)14)11-7-2-1-3-10-4-7/h1-4H,5-6H2,(H,11,12)(H,13,14)/p-1. The van der Waals surface area contributed by atoms with Gasteiger partial charge in [-0.2, -0.15) is 0 Å². The number of carboxylic acids is 1. The van der Waals surface area contributed by atoms with Crippen LogP contribution in [0.5, 0.6) is 0 Å². The van der Waals surface area contributed by atoms with E-state index in [0.29, 0.717) is 5.69 Å². The molecule has 15 heavy (non-hydrogen) atoms. The number of pyridine rings is 1. The van der Waals surface area contributed by atoms with Crippen LogP contribution in [0.25, 0.3) is 0 Å². The fourth-order valence-electron chi connectivity index (χ4n) is 0.861. The molecule has 1 amide bonds. The van der Waals surface area contributed by atoms with Crippen molar-refractivity contribution in [1.29, 1.82) is 0 Å². The number of aliphatic carboxylic acids is 1. The molecular formula is C9H9N2O4-. The summed E-state index contributed by atoms with van der Waals surface area (Å²) < 4.78 is 4.53. The first-order valence-electron chi connectivity index (χ1n) is 4.16. The van der Waals surface area contributed by atoms with Gasteiger partial charge in [-0.1, -0.05) is 0 Å². The molecule has 0 fully saturated rings. The van der Waals surface area contributed by atoms with Crippen molar-refractivity contribution in [2.24, 2.45) is 0 Å². The highest BCUT2D eigenvalue weighted by Gasteiger charge is 2.01. The van der Waals surface area contributed by atoms with E-state index in [0.717, 1.165) is 0 Å². The van der Waals surface area contributed by atoms with E-state index in [1.54, 1.807) is 18.3 Å². The van der Waals surface area contributed by atoms with Crippen molar-refractivity contribution in [3.63, 3.8) is 0 Å². The molecule has 6 heteroatoms. The summed E-state index contributed by atoms with van der Waals surface area (Å²) in [5.41, 5.74) is 0.527. The van der Waals surface area contributed by atoms with Crippen molar-refractivity contribution in [3.8, 4) is 0 Å². The molecule has 0 aliphatic carbocycles. The molecular weight excluding hydrogens is 200 g/mol. The largest absolute Gasteiger partial charge is 0.548 e. The Morgan fingerprint density at radius 3 is 2.87 bits per heavy atom. The molecule has 0 aliphatic heterocycles. The van der Waals surface area contributed by atoms with Crippen molar-refractivity contribution in [3.05, 3.63) is 24.5 Å². The van der Waals surface area contributed by atoms with E-state index < -0.39 is 18.5 Å². The van der Waals surface area contributed by atoms with Gasteiger partial charge < -0.3 is 20.0 Å². The first-order valence-corrected chi connectivity index (χ1v) is 4.16. The highest BCUT2D eigenvalue weighted by atomic mass is 16.5. The zero-order chi connectivity index (χ0) is 11.1. The molecule has 0 saturated heterocycles. The summed E-state index contributed by atoms with van der Waals surface area (Å²) in [6, 6.07) is 3.32. The van der Waals surface area contributed by atoms with Crippen molar-refractivity contribution in [2.75, 3.05) is 18.5 Å². The van der Waals surface area contributed by atoms with Crippen LogP contribution < -0.4 is 10.4 Å². The molecule has 0 aliphatic rings. The van der Waals surface area contributed by atoms with Crippen LogP contribution in [-0.2, 0) is 14.3 Å². The maximum absolute atomic E-state index is 11.1. The summed E-state index contributed by atoms with van der Waals surface area (Å²) in [6.07, 6.45) is 3.04. The zero-order valence-electron chi connectivity index (χ0n) is 7.80. The second-order valence-electron chi connectivity index (χ2n) is 2.65. The zero-order valence-corrected chi connectivity index (χ0v) is 7.80. The van der Waals surface area contributed by atoms with Crippen LogP contribution in [0.1, 0.15) is 0 Å². The van der Waals surface area contributed by atoms with Gasteiger partial charge in [0.05, 0.1) is 24.5 Å². The van der Waals surface area contributed by atoms with Gasteiger partial charge >= 0.3 is 0 Å². The Morgan fingerprint density at radius 1 is 1.47 bits per heavy atom. The van der Waals surface area contributed by atoms with Crippen LogP contribution in [0.2, 0.25) is 0 Å². The Kier molecular flexibility index (Phi) is 4.24. The second-order valence-corrected chi connectivity index (χ2v) is 2.65. The molecule has 6 nitrogen and oxygen atoms in total. The molecule has 0 radical (unpaired) electrons. The van der Waals surface area contributed by atoms with Gasteiger partial charge in [-0.05, 0) is 12.1 Å². The number of carboxylic acid groups (broad SMARTS) is 1. The summed E-state index contributed by atoms with van der Waals surface area (Å²) >= 11 is 0. The Balaban J connectivity index is 2.28. The highest BCUT2D eigenvalue weighted by molar-refractivity contribution is 5.91. The molecule has 0 aromatic carbocycles. The number of amides is 1. The smallest absolute Gasteiger partial charge is 0.250 e. The Bertz CT molecular complexity index is 339. The lowest BCUT2D eigenvalue weighted by molar-refractivity contribution is -0.309. The van der Waals surface area contributed by atoms with E-state index in [9.17, 15) is 14.7 Å². The summed E-state index contributed by atoms with van der Waals surface area (Å²) in [7, 11) is 0. The first kappa shape index (κ1) is 11.1. The highest BCUT2D eigenvalue weighted by Crippen LogP contribution is 2.01. The van der Waals surface area contributed by atoms with Gasteiger partial charge in [-0.15, -0.1) is 0 Å². The third kappa shape index (κ3) is 4.72. The van der Waals surface area contributed by atoms with E-state index in [-0.39, 0.29) is 6.61 Å². The molecule has 0 spiro atoms.